The van der Waals surface area contributed by atoms with Crippen molar-refractivity contribution in [2.24, 2.45) is 16.6 Å². The number of aliphatic hydroxyl groups is 1. The number of aliphatic imine (C=N–C) groups is 1. The van der Waals surface area contributed by atoms with Crippen LogP contribution in [0.15, 0.2) is 132 Å². The van der Waals surface area contributed by atoms with Gasteiger partial charge in [0.2, 0.25) is 17.7 Å². The minimum Gasteiger partial charge on any atom is -0.400 e. The van der Waals surface area contributed by atoms with E-state index in [1.54, 1.807) is 57.4 Å². The minimum atomic E-state index is -0.661. The number of allylic oxidation sites excluding steroid dienone is 6. The van der Waals surface area contributed by atoms with Crippen molar-refractivity contribution in [3.63, 3.8) is 0 Å². The summed E-state index contributed by atoms with van der Waals surface area (Å²) >= 11 is 5.82. The van der Waals surface area contributed by atoms with Gasteiger partial charge in [-0.15, -0.1) is 11.6 Å². The van der Waals surface area contributed by atoms with Crippen molar-refractivity contribution < 1.29 is 33.5 Å². The van der Waals surface area contributed by atoms with Crippen LogP contribution in [0.4, 0.5) is 10.1 Å². The van der Waals surface area contributed by atoms with Crippen molar-refractivity contribution in [2.45, 2.75) is 46.5 Å². The van der Waals surface area contributed by atoms with E-state index in [0.29, 0.717) is 55.5 Å². The van der Waals surface area contributed by atoms with Gasteiger partial charge in [0.1, 0.15) is 11.7 Å². The van der Waals surface area contributed by atoms with E-state index in [0.717, 1.165) is 81.4 Å². The molecule has 414 valence electrons. The molecule has 0 spiro atoms. The predicted octanol–water partition coefficient (Wildman–Crippen LogP) is 7.68. The van der Waals surface area contributed by atoms with Crippen LogP contribution < -0.4 is 11.1 Å². The zero-order valence-corrected chi connectivity index (χ0v) is 46.1. The number of hydrogen-bond acceptors (Lipinski definition) is 11. The number of rotatable bonds is 18. The number of alkyl halides is 1. The van der Waals surface area contributed by atoms with Gasteiger partial charge in [0.25, 0.3) is 11.8 Å². The molecule has 0 atom stereocenters. The van der Waals surface area contributed by atoms with E-state index < -0.39 is 23.5 Å². The van der Waals surface area contributed by atoms with Crippen molar-refractivity contribution in [2.75, 3.05) is 96.8 Å². The first kappa shape index (κ1) is 61.4. The first-order valence-electron chi connectivity index (χ1n) is 26.2. The summed E-state index contributed by atoms with van der Waals surface area (Å²) in [7, 11) is 1.00. The van der Waals surface area contributed by atoms with E-state index >= 15 is 0 Å². The number of aromatic nitrogens is 1. The van der Waals surface area contributed by atoms with Gasteiger partial charge in [-0.05, 0) is 111 Å². The molecule has 4 aromatic rings. The number of likely N-dealkylation sites (tertiary alicyclic amines) is 1. The number of anilines is 1. The number of carbonyl (C=O) groups excluding carboxylic acids is 5. The summed E-state index contributed by atoms with van der Waals surface area (Å²) in [6.45, 7) is 19.9. The van der Waals surface area contributed by atoms with Crippen molar-refractivity contribution in [1.82, 2.24) is 29.5 Å². The Morgan fingerprint density at radius 2 is 1.47 bits per heavy atom. The lowest BCUT2D eigenvalue weighted by Crippen LogP contribution is -2.53. The van der Waals surface area contributed by atoms with Crippen LogP contribution in [0, 0.1) is 17.1 Å². The van der Waals surface area contributed by atoms with Crippen LogP contribution >= 0.6 is 11.6 Å². The number of primary amides is 1. The van der Waals surface area contributed by atoms with E-state index in [4.69, 9.17) is 27.9 Å². The molecule has 1 aromatic heterocycles. The Labute approximate surface area is 463 Å². The van der Waals surface area contributed by atoms with Gasteiger partial charge in [-0.2, -0.15) is 0 Å². The molecule has 3 aromatic carbocycles. The number of aliphatic hydroxyl groups excluding tert-OH is 1. The minimum absolute atomic E-state index is 0.00878. The molecule has 78 heavy (non-hydrogen) atoms. The normalized spacial score (nSPS) is 15.5. The van der Waals surface area contributed by atoms with Crippen molar-refractivity contribution in [3.05, 3.63) is 167 Å². The van der Waals surface area contributed by atoms with Crippen LogP contribution in [0.5, 0.6) is 0 Å². The molecule has 5 N–H and O–H groups in total. The Morgan fingerprint density at radius 1 is 0.821 bits per heavy atom. The van der Waals surface area contributed by atoms with Crippen LogP contribution in [0.3, 0.4) is 0 Å². The summed E-state index contributed by atoms with van der Waals surface area (Å²) in [6, 6.07) is 20.6. The number of piperazine rings is 2. The Bertz CT molecular complexity index is 2860. The number of nitrogens with one attached hydrogen (secondary N) is 2. The molecule has 3 aliphatic heterocycles. The predicted molar refractivity (Wildman–Crippen MR) is 309 cm³/mol. The van der Waals surface area contributed by atoms with Gasteiger partial charge in [-0.1, -0.05) is 86.3 Å². The number of aryl methyl sites for hydroxylation is 1. The van der Waals surface area contributed by atoms with Crippen molar-refractivity contribution in [1.29, 1.82) is 5.41 Å². The smallest absolute Gasteiger partial charge is 0.274 e. The second-order valence-corrected chi connectivity index (χ2v) is 19.4. The van der Waals surface area contributed by atoms with Gasteiger partial charge < -0.3 is 36.3 Å². The van der Waals surface area contributed by atoms with Gasteiger partial charge in [-0.3, -0.25) is 38.8 Å². The zero-order chi connectivity index (χ0) is 56.7. The van der Waals surface area contributed by atoms with Crippen molar-refractivity contribution in [3.8, 4) is 11.1 Å². The van der Waals surface area contributed by atoms with Crippen LogP contribution in [0.25, 0.3) is 11.1 Å². The fraction of sp³-hybridized carbons (Fsp3) is 0.367. The largest absolute Gasteiger partial charge is 0.400 e. The van der Waals surface area contributed by atoms with E-state index in [-0.39, 0.29) is 59.7 Å². The number of piperidine rings is 1. The summed E-state index contributed by atoms with van der Waals surface area (Å²) in [6.07, 6.45) is 14.1. The van der Waals surface area contributed by atoms with E-state index in [1.165, 1.54) is 23.8 Å². The summed E-state index contributed by atoms with van der Waals surface area (Å²) in [5.41, 5.74) is 12.1. The Kier molecular flexibility index (Phi) is 24.5. The number of halogens is 2. The quantitative estimate of drug-likeness (QED) is 0.0437. The molecule has 3 saturated heterocycles. The van der Waals surface area contributed by atoms with Gasteiger partial charge in [0, 0.05) is 107 Å². The standard InChI is InChI=1S/C48H55ClFN9O5.C11H15N.CH4O/c1-2-32-6-5-7-35(24-32)36-27-42(54-43(60)28-49)45(53-29-36)48(64)59-18-16-56(17-19-59)30-33-12-14-55(15-13-33)31-44(61)57-20-22-58(23-21-57)47(63)39-25-34(10-11-40(39)50)26-41(51)37-8-3-4-9-38(37)46(52)62;1-5-6-7-8-10(2)11(3)9-12-4;1-2/h3-11,24-25,27,29,33,51H,2,12-23,26,28,30-31H2,1H3,(H2,52,62)(H,54,60);5-9H,2,4H2,1,3H3;2H,1H3/b;6-5-,8-7-,11-9+;. The molecular formula is C60H74ClFN10O6. The van der Waals surface area contributed by atoms with E-state index in [2.05, 4.69) is 57.4 Å². The number of amides is 5. The number of benzene rings is 3. The number of carbonyl (C=O) groups is 5. The average molecular weight is 1090 g/mol. The Morgan fingerprint density at radius 3 is 2.12 bits per heavy atom. The zero-order valence-electron chi connectivity index (χ0n) is 45.4. The first-order chi connectivity index (χ1) is 37.6. The number of nitrogens with zero attached hydrogens (tertiary/aromatic N) is 7. The topological polar surface area (TPSA) is 209 Å². The lowest BCUT2D eigenvalue weighted by molar-refractivity contribution is -0.134. The second kappa shape index (κ2) is 31.1. The fourth-order valence-electron chi connectivity index (χ4n) is 9.38. The molecule has 0 radical (unpaired) electrons. The van der Waals surface area contributed by atoms with E-state index in [1.807, 2.05) is 50.3 Å². The molecule has 7 rings (SSSR count). The number of hydrogen-bond donors (Lipinski definition) is 4. The maximum atomic E-state index is 15.0. The molecule has 16 nitrogen and oxygen atoms in total. The first-order valence-corrected chi connectivity index (χ1v) is 26.7. The lowest BCUT2D eigenvalue weighted by Gasteiger charge is -2.39. The monoisotopic (exact) mass is 1080 g/mol. The molecule has 18 heteroatoms. The highest BCUT2D eigenvalue weighted by Gasteiger charge is 2.31. The molecular weight excluding hydrogens is 1010 g/mol. The second-order valence-electron chi connectivity index (χ2n) is 19.1. The molecule has 0 unspecified atom stereocenters. The molecule has 5 amide bonds. The third-order valence-electron chi connectivity index (χ3n) is 13.9. The summed E-state index contributed by atoms with van der Waals surface area (Å²) in [4.78, 5) is 82.8. The fourth-order valence-corrected chi connectivity index (χ4v) is 9.45. The highest BCUT2D eigenvalue weighted by atomic mass is 35.5. The number of nitrogens with two attached hydrogens (primary N) is 1. The van der Waals surface area contributed by atoms with Gasteiger partial charge in [0.05, 0.1) is 17.8 Å². The number of pyridine rings is 1. The third-order valence-corrected chi connectivity index (χ3v) is 14.1. The van der Waals surface area contributed by atoms with Gasteiger partial charge in [0.15, 0.2) is 5.69 Å². The molecule has 0 saturated carbocycles. The highest BCUT2D eigenvalue weighted by molar-refractivity contribution is 6.29. The highest BCUT2D eigenvalue weighted by Crippen LogP contribution is 2.27. The van der Waals surface area contributed by atoms with Crippen LogP contribution in [-0.4, -0.2) is 168 Å². The van der Waals surface area contributed by atoms with E-state index in [9.17, 15) is 28.4 Å². The Hall–Kier alpha value is -7.44. The van der Waals surface area contributed by atoms with Crippen LogP contribution in [0.2, 0.25) is 0 Å². The summed E-state index contributed by atoms with van der Waals surface area (Å²) in [5.74, 6) is -2.18. The van der Waals surface area contributed by atoms with Gasteiger partial charge in [-0.25, -0.2) is 9.37 Å². The third kappa shape index (κ3) is 17.5. The summed E-state index contributed by atoms with van der Waals surface area (Å²) < 4.78 is 15.0. The molecule has 0 aliphatic carbocycles. The Balaban J connectivity index is 0.000000708. The maximum Gasteiger partial charge on any atom is 0.274 e. The molecule has 4 heterocycles. The summed E-state index contributed by atoms with van der Waals surface area (Å²) in [5, 5.41) is 18.4. The SMILES string of the molecule is C=N/C=C(\C)C(=C)/C=C\C=C/C.CCc1cccc(-c2cnc(C(=O)N3CCN(CC4CCN(CC(=O)N5CCN(C(=O)c6cc(CC(=N)c7ccccc7C(N)=O)ccc6F)CC5)CC4)CC3)c(NC(=O)CCl)c2)c1.CO. The molecule has 3 fully saturated rings. The lowest BCUT2D eigenvalue weighted by atomic mass is 9.96. The van der Waals surface area contributed by atoms with Gasteiger partial charge >= 0.3 is 0 Å². The van der Waals surface area contributed by atoms with Crippen LogP contribution in [0.1, 0.15) is 81.5 Å². The maximum absolute atomic E-state index is 15.0. The molecule has 0 bridgehead atoms. The average Bonchev–Trinajstić information content (AvgIpc) is 3.47. The van der Waals surface area contributed by atoms with Crippen molar-refractivity contribution >= 4 is 59.3 Å². The molecule has 3 aliphatic rings. The van der Waals surface area contributed by atoms with Crippen LogP contribution in [-0.2, 0) is 22.4 Å².